The summed E-state index contributed by atoms with van der Waals surface area (Å²) in [5.41, 5.74) is 1.45. The summed E-state index contributed by atoms with van der Waals surface area (Å²) in [7, 11) is 0. The average Bonchev–Trinajstić information content (AvgIpc) is 2.88. The van der Waals surface area contributed by atoms with Gasteiger partial charge >= 0.3 is 0 Å². The maximum atomic E-state index is 10.5. The Morgan fingerprint density at radius 1 is 1.26 bits per heavy atom. The van der Waals surface area contributed by atoms with Crippen LogP contribution in [0.5, 0.6) is 0 Å². The van der Waals surface area contributed by atoms with Crippen molar-refractivity contribution >= 4 is 11.3 Å². The maximum Gasteiger partial charge on any atom is 0.0964 e. The Labute approximate surface area is 117 Å². The number of hydrogen-bond donors (Lipinski definition) is 1. The second-order valence-corrected chi connectivity index (χ2v) is 6.01. The molecule has 3 rings (SSSR count). The van der Waals surface area contributed by atoms with Crippen LogP contribution in [0.2, 0.25) is 0 Å². The SMILES string of the molecule is OC1(Cc2nc(-c3ccccc3)cs2)C=CCCC1. The van der Waals surface area contributed by atoms with E-state index in [1.165, 1.54) is 0 Å². The minimum atomic E-state index is -0.690. The van der Waals surface area contributed by atoms with Crippen molar-refractivity contribution in [2.24, 2.45) is 0 Å². The molecule has 0 bridgehead atoms. The predicted molar refractivity (Wildman–Crippen MR) is 79.2 cm³/mol. The lowest BCUT2D eigenvalue weighted by atomic mass is 9.88. The van der Waals surface area contributed by atoms with Crippen molar-refractivity contribution in [3.63, 3.8) is 0 Å². The highest BCUT2D eigenvalue weighted by Gasteiger charge is 2.26. The smallest absolute Gasteiger partial charge is 0.0964 e. The number of thiazole rings is 1. The van der Waals surface area contributed by atoms with Gasteiger partial charge in [0.05, 0.1) is 16.3 Å². The second kappa shape index (κ2) is 5.27. The summed E-state index contributed by atoms with van der Waals surface area (Å²) in [6.45, 7) is 0. The fourth-order valence-electron chi connectivity index (χ4n) is 2.45. The monoisotopic (exact) mass is 271 g/mol. The van der Waals surface area contributed by atoms with Crippen LogP contribution in [0, 0.1) is 0 Å². The van der Waals surface area contributed by atoms with Gasteiger partial charge in [-0.3, -0.25) is 0 Å². The van der Waals surface area contributed by atoms with Crippen LogP contribution in [0.15, 0.2) is 47.9 Å². The molecule has 1 aliphatic carbocycles. The summed E-state index contributed by atoms with van der Waals surface area (Å²) < 4.78 is 0. The summed E-state index contributed by atoms with van der Waals surface area (Å²) in [4.78, 5) is 4.64. The summed E-state index contributed by atoms with van der Waals surface area (Å²) in [5, 5.41) is 13.6. The predicted octanol–water partition coefficient (Wildman–Crippen LogP) is 3.82. The van der Waals surface area contributed by atoms with Gasteiger partial charge in [0.15, 0.2) is 0 Å². The molecule has 1 atom stereocenters. The van der Waals surface area contributed by atoms with Crippen molar-refractivity contribution in [3.05, 3.63) is 52.9 Å². The first-order chi connectivity index (χ1) is 9.25. The molecular weight excluding hydrogens is 254 g/mol. The van der Waals surface area contributed by atoms with Crippen LogP contribution in [-0.4, -0.2) is 15.7 Å². The van der Waals surface area contributed by atoms with E-state index in [-0.39, 0.29) is 0 Å². The molecule has 1 aliphatic rings. The van der Waals surface area contributed by atoms with Crippen LogP contribution in [-0.2, 0) is 6.42 Å². The first kappa shape index (κ1) is 12.6. The van der Waals surface area contributed by atoms with Crippen LogP contribution in [0.25, 0.3) is 11.3 Å². The lowest BCUT2D eigenvalue weighted by Crippen LogP contribution is -2.30. The van der Waals surface area contributed by atoms with Crippen LogP contribution >= 0.6 is 11.3 Å². The van der Waals surface area contributed by atoms with Crippen LogP contribution in [0.1, 0.15) is 24.3 Å². The minimum Gasteiger partial charge on any atom is -0.385 e. The minimum absolute atomic E-state index is 0.626. The summed E-state index contributed by atoms with van der Waals surface area (Å²) in [5.74, 6) is 0. The first-order valence-corrected chi connectivity index (χ1v) is 7.53. The molecule has 0 aliphatic heterocycles. The third-order valence-corrected chi connectivity index (χ3v) is 4.34. The zero-order valence-corrected chi connectivity index (χ0v) is 11.6. The first-order valence-electron chi connectivity index (χ1n) is 6.65. The topological polar surface area (TPSA) is 33.1 Å². The van der Waals surface area contributed by atoms with Gasteiger partial charge in [0.1, 0.15) is 0 Å². The summed E-state index contributed by atoms with van der Waals surface area (Å²) in [6.07, 6.45) is 7.62. The molecule has 0 saturated carbocycles. The lowest BCUT2D eigenvalue weighted by Gasteiger charge is -2.26. The Hall–Kier alpha value is -1.45. The van der Waals surface area contributed by atoms with Gasteiger partial charge < -0.3 is 5.11 Å². The van der Waals surface area contributed by atoms with Crippen molar-refractivity contribution in [3.8, 4) is 11.3 Å². The average molecular weight is 271 g/mol. The molecule has 0 radical (unpaired) electrons. The fraction of sp³-hybridized carbons (Fsp3) is 0.312. The molecule has 1 unspecified atom stereocenters. The Kier molecular flexibility index (Phi) is 3.49. The fourth-order valence-corrected chi connectivity index (χ4v) is 3.38. The molecule has 98 valence electrons. The molecule has 0 saturated heterocycles. The number of hydrogen-bond acceptors (Lipinski definition) is 3. The Morgan fingerprint density at radius 3 is 2.84 bits per heavy atom. The van der Waals surface area contributed by atoms with Crippen molar-refractivity contribution in [2.45, 2.75) is 31.3 Å². The number of allylic oxidation sites excluding steroid dienone is 1. The van der Waals surface area contributed by atoms with E-state index >= 15 is 0 Å². The zero-order chi connectivity index (χ0) is 13.1. The molecule has 0 fully saturated rings. The van der Waals surface area contributed by atoms with Gasteiger partial charge in [0.2, 0.25) is 0 Å². The van der Waals surface area contributed by atoms with E-state index in [9.17, 15) is 5.11 Å². The molecule has 1 N–H and O–H groups in total. The van der Waals surface area contributed by atoms with Crippen molar-refractivity contribution in [1.29, 1.82) is 0 Å². The number of aliphatic hydroxyl groups is 1. The number of benzene rings is 1. The molecule has 1 aromatic heterocycles. The van der Waals surface area contributed by atoms with E-state index in [0.717, 1.165) is 35.5 Å². The molecule has 1 heterocycles. The van der Waals surface area contributed by atoms with Gasteiger partial charge in [-0.2, -0.15) is 0 Å². The molecule has 19 heavy (non-hydrogen) atoms. The summed E-state index contributed by atoms with van der Waals surface area (Å²) in [6, 6.07) is 10.2. The van der Waals surface area contributed by atoms with E-state index in [0.29, 0.717) is 6.42 Å². The number of nitrogens with zero attached hydrogens (tertiary/aromatic N) is 1. The highest BCUT2D eigenvalue weighted by atomic mass is 32.1. The van der Waals surface area contributed by atoms with Crippen LogP contribution in [0.3, 0.4) is 0 Å². The molecular formula is C16H17NOS. The van der Waals surface area contributed by atoms with Gasteiger partial charge in [-0.05, 0) is 19.3 Å². The standard InChI is InChI=1S/C16H17NOS/c18-16(9-5-2-6-10-16)11-15-17-14(12-19-15)13-7-3-1-4-8-13/h1,3-5,7-9,12,18H,2,6,10-11H2. The number of aromatic nitrogens is 1. The molecule has 2 aromatic rings. The molecule has 1 aromatic carbocycles. The molecule has 0 spiro atoms. The zero-order valence-electron chi connectivity index (χ0n) is 10.7. The highest BCUT2D eigenvalue weighted by Crippen LogP contribution is 2.29. The van der Waals surface area contributed by atoms with Gasteiger partial charge in [0, 0.05) is 17.4 Å². The molecule has 2 nitrogen and oxygen atoms in total. The lowest BCUT2D eigenvalue weighted by molar-refractivity contribution is 0.0751. The van der Waals surface area contributed by atoms with Gasteiger partial charge in [-0.25, -0.2) is 4.98 Å². The Bertz CT molecular complexity index is 575. The van der Waals surface area contributed by atoms with E-state index in [1.807, 2.05) is 24.3 Å². The number of rotatable bonds is 3. The maximum absolute atomic E-state index is 10.5. The molecule has 3 heteroatoms. The van der Waals surface area contributed by atoms with Gasteiger partial charge in [-0.1, -0.05) is 42.5 Å². The van der Waals surface area contributed by atoms with E-state index in [2.05, 4.69) is 28.6 Å². The normalized spacial score (nSPS) is 22.6. The van der Waals surface area contributed by atoms with E-state index in [4.69, 9.17) is 0 Å². The Balaban J connectivity index is 1.79. The van der Waals surface area contributed by atoms with Crippen LogP contribution < -0.4 is 0 Å². The quantitative estimate of drug-likeness (QED) is 0.861. The highest BCUT2D eigenvalue weighted by molar-refractivity contribution is 7.09. The molecule has 0 amide bonds. The van der Waals surface area contributed by atoms with E-state index < -0.39 is 5.60 Å². The summed E-state index contributed by atoms with van der Waals surface area (Å²) >= 11 is 1.63. The second-order valence-electron chi connectivity index (χ2n) is 5.07. The van der Waals surface area contributed by atoms with Crippen molar-refractivity contribution < 1.29 is 5.11 Å². The third-order valence-electron chi connectivity index (χ3n) is 3.49. The van der Waals surface area contributed by atoms with Gasteiger partial charge in [-0.15, -0.1) is 11.3 Å². The third kappa shape index (κ3) is 2.94. The Morgan fingerprint density at radius 2 is 2.11 bits per heavy atom. The van der Waals surface area contributed by atoms with Crippen LogP contribution in [0.4, 0.5) is 0 Å². The van der Waals surface area contributed by atoms with Crippen molar-refractivity contribution in [2.75, 3.05) is 0 Å². The van der Waals surface area contributed by atoms with Crippen molar-refractivity contribution in [1.82, 2.24) is 4.98 Å². The largest absolute Gasteiger partial charge is 0.385 e. The van der Waals surface area contributed by atoms with E-state index in [1.54, 1.807) is 11.3 Å². The van der Waals surface area contributed by atoms with Gasteiger partial charge in [0.25, 0.3) is 0 Å².